The molecule has 0 bridgehead atoms. The number of benzene rings is 5. The van der Waals surface area contributed by atoms with Gasteiger partial charge in [0, 0.05) is 55.4 Å². The number of piperidine rings is 1. The molecule has 66 heavy (non-hydrogen) atoms. The van der Waals surface area contributed by atoms with Gasteiger partial charge in [0.15, 0.2) is 11.6 Å². The first kappa shape index (κ1) is 44.4. The van der Waals surface area contributed by atoms with Crippen molar-refractivity contribution in [3.05, 3.63) is 125 Å². The summed E-state index contributed by atoms with van der Waals surface area (Å²) in [6.07, 6.45) is 3.43. The number of fused-ring (bicyclic) bond motifs is 1. The molecule has 9 rings (SSSR count). The van der Waals surface area contributed by atoms with Gasteiger partial charge in [0.2, 0.25) is 0 Å². The van der Waals surface area contributed by atoms with Crippen LogP contribution in [-0.4, -0.2) is 105 Å². The molecule has 15 heteroatoms. The van der Waals surface area contributed by atoms with Crippen LogP contribution in [0.2, 0.25) is 0 Å². The van der Waals surface area contributed by atoms with Crippen molar-refractivity contribution >= 4 is 27.5 Å². The second kappa shape index (κ2) is 19.7. The molecule has 2 saturated heterocycles. The lowest BCUT2D eigenvalue weighted by Gasteiger charge is -2.34. The number of nitrogens with zero attached hydrogens (tertiary/aromatic N) is 5. The van der Waals surface area contributed by atoms with Crippen LogP contribution >= 0.6 is 11.3 Å². The van der Waals surface area contributed by atoms with Crippen molar-refractivity contribution in [1.29, 1.82) is 0 Å². The van der Waals surface area contributed by atoms with Crippen LogP contribution in [0.1, 0.15) is 50.2 Å². The van der Waals surface area contributed by atoms with Crippen molar-refractivity contribution < 1.29 is 34.0 Å². The molecule has 0 atom stereocenters. The Bertz CT molecular complexity index is 2840. The Morgan fingerprint density at radius 3 is 2.18 bits per heavy atom. The number of methoxy groups -OCH3 is 1. The van der Waals surface area contributed by atoms with E-state index in [0.29, 0.717) is 67.6 Å². The van der Waals surface area contributed by atoms with E-state index < -0.39 is 11.8 Å². The van der Waals surface area contributed by atoms with Crippen LogP contribution in [0.5, 0.6) is 40.2 Å². The van der Waals surface area contributed by atoms with E-state index in [0.717, 1.165) is 63.0 Å². The number of hydrogen-bond donors (Lipinski definition) is 3. The third-order valence-corrected chi connectivity index (χ3v) is 13.4. The number of aromatic nitrogens is 3. The Morgan fingerprint density at radius 2 is 1.47 bits per heavy atom. The summed E-state index contributed by atoms with van der Waals surface area (Å²) in [6, 6.07) is 31.8. The number of H-pyrrole nitrogens is 1. The number of phenolic OH excluding ortho intramolecular Hbond substituents is 2. The van der Waals surface area contributed by atoms with E-state index in [4.69, 9.17) is 18.9 Å². The number of thiophene rings is 1. The summed E-state index contributed by atoms with van der Waals surface area (Å²) in [4.78, 5) is 33.9. The van der Waals surface area contributed by atoms with Gasteiger partial charge in [-0.15, -0.1) is 11.3 Å². The molecule has 0 aliphatic carbocycles. The minimum atomic E-state index is -0.451. The van der Waals surface area contributed by atoms with E-state index in [9.17, 15) is 19.8 Å². The zero-order chi connectivity index (χ0) is 45.7. The molecular weight excluding hydrogens is 857 g/mol. The highest BCUT2D eigenvalue weighted by Gasteiger charge is 2.25. The minimum Gasteiger partial charge on any atom is -0.508 e. The van der Waals surface area contributed by atoms with E-state index in [-0.39, 0.29) is 23.2 Å². The molecule has 0 saturated carbocycles. The number of hydrogen-bond acceptors (Lipinski definition) is 12. The minimum absolute atomic E-state index is 0.0111. The Hall–Kier alpha value is -6.81. The Morgan fingerprint density at radius 1 is 0.773 bits per heavy atom. The van der Waals surface area contributed by atoms with Crippen molar-refractivity contribution in [3.8, 4) is 67.8 Å². The molecule has 2 fully saturated rings. The normalized spacial score (nSPS) is 14.8. The SMILES string of the molecule is COc1ccc(-c2sc3cc(OC(=O)N4CCN(Cc5ccc(-n6c(-c7cc(C(C)C)c(O)cc7O)n[nH]c6=O)cc5)CC4)ccc3c2Oc2ccc(OCCN3CCCCC3)cc2)cc1. The van der Waals surface area contributed by atoms with Gasteiger partial charge in [0.25, 0.3) is 0 Å². The maximum absolute atomic E-state index is 13.5. The summed E-state index contributed by atoms with van der Waals surface area (Å²) < 4.78 is 26.4. The highest BCUT2D eigenvalue weighted by atomic mass is 32.1. The number of piperazine rings is 1. The quantitative estimate of drug-likeness (QED) is 0.0956. The van der Waals surface area contributed by atoms with Gasteiger partial charge in [-0.1, -0.05) is 32.4 Å². The average Bonchev–Trinajstić information content (AvgIpc) is 3.89. The lowest BCUT2D eigenvalue weighted by Crippen LogP contribution is -2.49. The van der Waals surface area contributed by atoms with Crippen molar-refractivity contribution in [2.45, 2.75) is 45.6 Å². The molecular formula is C51H54N6O8S. The monoisotopic (exact) mass is 910 g/mol. The first-order chi connectivity index (χ1) is 32.1. The highest BCUT2D eigenvalue weighted by Crippen LogP contribution is 2.48. The molecule has 342 valence electrons. The second-order valence-electron chi connectivity index (χ2n) is 17.0. The van der Waals surface area contributed by atoms with E-state index in [1.54, 1.807) is 29.4 Å². The third-order valence-electron chi connectivity index (χ3n) is 12.3. The lowest BCUT2D eigenvalue weighted by atomic mass is 9.98. The first-order valence-corrected chi connectivity index (χ1v) is 23.3. The smallest absolute Gasteiger partial charge is 0.415 e. The number of amides is 1. The highest BCUT2D eigenvalue weighted by molar-refractivity contribution is 7.22. The number of aromatic hydroxyl groups is 2. The third kappa shape index (κ3) is 9.88. The van der Waals surface area contributed by atoms with Gasteiger partial charge in [-0.05, 0) is 133 Å². The zero-order valence-corrected chi connectivity index (χ0v) is 38.2. The number of nitrogens with one attached hydrogen (secondary N) is 1. The number of carbonyl (C=O) groups excluding carboxylic acids is 1. The van der Waals surface area contributed by atoms with E-state index in [2.05, 4.69) is 20.0 Å². The van der Waals surface area contributed by atoms with Crippen LogP contribution in [0.25, 0.3) is 37.6 Å². The number of likely N-dealkylation sites (tertiary alicyclic amines) is 1. The molecule has 5 aromatic carbocycles. The molecule has 2 aliphatic rings. The fraction of sp³-hybridized carbons (Fsp3) is 0.314. The van der Waals surface area contributed by atoms with Crippen LogP contribution < -0.4 is 24.6 Å². The number of ether oxygens (including phenoxy) is 4. The molecule has 1 amide bonds. The summed E-state index contributed by atoms with van der Waals surface area (Å²) in [5.41, 5.74) is 3.11. The van der Waals surface area contributed by atoms with Crippen LogP contribution in [0, 0.1) is 0 Å². The predicted octanol–water partition coefficient (Wildman–Crippen LogP) is 9.63. The van der Waals surface area contributed by atoms with Gasteiger partial charge in [0.05, 0.1) is 23.2 Å². The van der Waals surface area contributed by atoms with E-state index in [1.165, 1.54) is 29.9 Å². The molecule has 0 radical (unpaired) electrons. The fourth-order valence-electron chi connectivity index (χ4n) is 8.56. The maximum Gasteiger partial charge on any atom is 0.415 e. The van der Waals surface area contributed by atoms with Crippen molar-refractivity contribution in [1.82, 2.24) is 29.5 Å². The second-order valence-corrected chi connectivity index (χ2v) is 18.1. The Kier molecular flexibility index (Phi) is 13.3. The van der Waals surface area contributed by atoms with Gasteiger partial charge in [-0.3, -0.25) is 9.80 Å². The summed E-state index contributed by atoms with van der Waals surface area (Å²) in [5, 5.41) is 28.6. The molecule has 7 aromatic rings. The standard InChI is InChI=1S/C51H54N6O8S/c1-33(2)42-30-43(45(59)31-44(42)58)49-52-53-50(60)57(49)36-11-7-34(8-12-36)32-55-23-25-56(26-24-55)51(61)65-40-19-20-41-46(29-40)66-48(35-9-13-37(62-3)14-10-35)47(41)64-39-17-15-38(16-18-39)63-28-27-54-21-5-4-6-22-54/h7-20,29-31,33,58-59H,4-6,21-28,32H2,1-3H3,(H,53,60). The maximum atomic E-state index is 13.5. The first-order valence-electron chi connectivity index (χ1n) is 22.5. The van der Waals surface area contributed by atoms with Crippen LogP contribution in [-0.2, 0) is 6.54 Å². The molecule has 2 aromatic heterocycles. The topological polar surface area (TPSA) is 155 Å². The summed E-state index contributed by atoms with van der Waals surface area (Å²) >= 11 is 1.57. The van der Waals surface area contributed by atoms with Gasteiger partial charge < -0.3 is 34.1 Å². The molecule has 0 spiro atoms. The fourth-order valence-corrected chi connectivity index (χ4v) is 9.73. The number of rotatable bonds is 14. The number of carbonyl (C=O) groups is 1. The molecule has 2 aliphatic heterocycles. The average molecular weight is 911 g/mol. The van der Waals surface area contributed by atoms with Gasteiger partial charge in [-0.25, -0.2) is 19.3 Å². The largest absolute Gasteiger partial charge is 0.508 e. The Labute approximate surface area is 387 Å². The number of aromatic amines is 1. The van der Waals surface area contributed by atoms with Crippen molar-refractivity contribution in [3.63, 3.8) is 0 Å². The van der Waals surface area contributed by atoms with Crippen molar-refractivity contribution in [2.75, 3.05) is 59.5 Å². The molecule has 3 N–H and O–H groups in total. The van der Waals surface area contributed by atoms with E-state index in [1.807, 2.05) is 105 Å². The zero-order valence-electron chi connectivity index (χ0n) is 37.4. The predicted molar refractivity (Wildman–Crippen MR) is 256 cm³/mol. The summed E-state index contributed by atoms with van der Waals surface area (Å²) in [7, 11) is 1.65. The molecule has 14 nitrogen and oxygen atoms in total. The lowest BCUT2D eigenvalue weighted by molar-refractivity contribution is 0.108. The van der Waals surface area contributed by atoms with Crippen molar-refractivity contribution in [2.24, 2.45) is 0 Å². The molecule has 4 heterocycles. The molecule has 0 unspecified atom stereocenters. The Balaban J connectivity index is 0.830. The summed E-state index contributed by atoms with van der Waals surface area (Å²) in [5.74, 6) is 3.46. The summed E-state index contributed by atoms with van der Waals surface area (Å²) in [6.45, 7) is 10.7. The van der Waals surface area contributed by atoms with Gasteiger partial charge >= 0.3 is 11.8 Å². The van der Waals surface area contributed by atoms with Gasteiger partial charge in [-0.2, -0.15) is 5.10 Å². The van der Waals surface area contributed by atoms with E-state index >= 15 is 0 Å². The number of phenols is 2. The van der Waals surface area contributed by atoms with Crippen LogP contribution in [0.4, 0.5) is 4.79 Å². The van der Waals surface area contributed by atoms with Crippen LogP contribution in [0.15, 0.2) is 108 Å². The van der Waals surface area contributed by atoms with Gasteiger partial charge in [0.1, 0.15) is 41.1 Å². The van der Waals surface area contributed by atoms with Crippen LogP contribution in [0.3, 0.4) is 0 Å².